The van der Waals surface area contributed by atoms with E-state index in [1.165, 1.54) is 11.1 Å². The summed E-state index contributed by atoms with van der Waals surface area (Å²) in [5.74, 6) is -0.357. The average Bonchev–Trinajstić information content (AvgIpc) is 2.85. The first-order chi connectivity index (χ1) is 11.4. The predicted octanol–water partition coefficient (Wildman–Crippen LogP) is 0.0576. The highest BCUT2D eigenvalue weighted by atomic mass is 32.2. The van der Waals surface area contributed by atoms with Crippen molar-refractivity contribution in [3.63, 3.8) is 0 Å². The van der Waals surface area contributed by atoms with Crippen molar-refractivity contribution in [3.8, 4) is 0 Å². The summed E-state index contributed by atoms with van der Waals surface area (Å²) in [5.41, 5.74) is 2.51. The van der Waals surface area contributed by atoms with E-state index in [1.807, 2.05) is 23.1 Å². The van der Waals surface area contributed by atoms with Crippen LogP contribution in [0.2, 0.25) is 0 Å². The van der Waals surface area contributed by atoms with Gasteiger partial charge in [-0.25, -0.2) is 13.2 Å². The van der Waals surface area contributed by atoms with Crippen LogP contribution in [0.25, 0.3) is 0 Å². The zero-order valence-corrected chi connectivity index (χ0v) is 14.1. The number of carbonyl (C=O) groups excluding carboxylic acids is 2. The molecule has 1 aromatic rings. The van der Waals surface area contributed by atoms with Gasteiger partial charge in [0.15, 0.2) is 9.84 Å². The third kappa shape index (κ3) is 4.33. The van der Waals surface area contributed by atoms with Crippen LogP contribution in [0.5, 0.6) is 0 Å². The van der Waals surface area contributed by atoms with Crippen LogP contribution in [0.15, 0.2) is 24.3 Å². The summed E-state index contributed by atoms with van der Waals surface area (Å²) < 4.78 is 22.7. The number of sulfone groups is 1. The van der Waals surface area contributed by atoms with E-state index in [4.69, 9.17) is 0 Å². The summed E-state index contributed by atoms with van der Waals surface area (Å²) in [6, 6.07) is 7.09. The normalized spacial score (nSPS) is 22.6. The number of nitrogens with zero attached hydrogens (tertiary/aromatic N) is 1. The molecule has 0 radical (unpaired) electrons. The molecule has 1 saturated heterocycles. The molecule has 0 bridgehead atoms. The zero-order valence-electron chi connectivity index (χ0n) is 13.3. The maximum atomic E-state index is 12.0. The number of carbonyl (C=O) groups is 2. The quantitative estimate of drug-likeness (QED) is 0.803. The van der Waals surface area contributed by atoms with Crippen LogP contribution in [0.1, 0.15) is 17.5 Å². The molecule has 0 aliphatic carbocycles. The van der Waals surface area contributed by atoms with Crippen molar-refractivity contribution in [2.75, 3.05) is 24.6 Å². The number of amides is 3. The largest absolute Gasteiger partial charge is 0.334 e. The summed E-state index contributed by atoms with van der Waals surface area (Å²) in [7, 11) is -3.06. The van der Waals surface area contributed by atoms with Gasteiger partial charge in [0.1, 0.15) is 0 Å². The average molecular weight is 351 g/mol. The van der Waals surface area contributed by atoms with Gasteiger partial charge in [0.05, 0.1) is 18.1 Å². The first-order valence-electron chi connectivity index (χ1n) is 8.01. The van der Waals surface area contributed by atoms with Crippen LogP contribution in [0, 0.1) is 0 Å². The van der Waals surface area contributed by atoms with E-state index in [-0.39, 0.29) is 24.0 Å². The van der Waals surface area contributed by atoms with Gasteiger partial charge >= 0.3 is 6.03 Å². The Labute approximate surface area is 141 Å². The Bertz CT molecular complexity index is 747. The second-order valence-electron chi connectivity index (χ2n) is 6.35. The number of benzene rings is 1. The topological polar surface area (TPSA) is 95.6 Å². The van der Waals surface area contributed by atoms with E-state index in [9.17, 15) is 18.0 Å². The Hall–Kier alpha value is -1.93. The number of imide groups is 1. The molecule has 24 heavy (non-hydrogen) atoms. The van der Waals surface area contributed by atoms with Crippen molar-refractivity contribution in [2.45, 2.75) is 25.4 Å². The third-order valence-corrected chi connectivity index (χ3v) is 6.17. The minimum Gasteiger partial charge on any atom is -0.334 e. The standard InChI is InChI=1S/C16H21N3O4S/c20-15(18-16(21)17-14-6-8-24(22,23)11-14)10-19-7-5-12-3-1-2-4-13(12)9-19/h1-4,14H,5-11H2,(H2,17,18,20,21)/t14-/m1/s1. The highest BCUT2D eigenvalue weighted by Gasteiger charge is 2.29. The molecule has 1 aromatic carbocycles. The molecule has 0 aromatic heterocycles. The Kier molecular flexibility index (Phi) is 4.86. The lowest BCUT2D eigenvalue weighted by Crippen LogP contribution is -2.48. The first-order valence-corrected chi connectivity index (χ1v) is 9.83. The smallest absolute Gasteiger partial charge is 0.321 e. The monoisotopic (exact) mass is 351 g/mol. The van der Waals surface area contributed by atoms with Crippen LogP contribution in [-0.2, 0) is 27.6 Å². The fraction of sp³-hybridized carbons (Fsp3) is 0.500. The van der Waals surface area contributed by atoms with Crippen molar-refractivity contribution < 1.29 is 18.0 Å². The summed E-state index contributed by atoms with van der Waals surface area (Å²) >= 11 is 0. The number of hydrogen-bond acceptors (Lipinski definition) is 5. The molecular formula is C16H21N3O4S. The lowest BCUT2D eigenvalue weighted by atomic mass is 10.00. The summed E-state index contributed by atoms with van der Waals surface area (Å²) in [4.78, 5) is 25.8. The van der Waals surface area contributed by atoms with Gasteiger partial charge in [0.2, 0.25) is 5.91 Å². The first kappa shape index (κ1) is 16.9. The summed E-state index contributed by atoms with van der Waals surface area (Å²) in [6.07, 6.45) is 1.28. The van der Waals surface area contributed by atoms with Crippen molar-refractivity contribution in [1.29, 1.82) is 0 Å². The molecule has 7 nitrogen and oxygen atoms in total. The molecule has 2 aliphatic heterocycles. The third-order valence-electron chi connectivity index (χ3n) is 4.40. The summed E-state index contributed by atoms with van der Waals surface area (Å²) in [5, 5.41) is 4.83. The maximum absolute atomic E-state index is 12.0. The minimum atomic E-state index is -3.06. The Morgan fingerprint density at radius 1 is 1.21 bits per heavy atom. The minimum absolute atomic E-state index is 0.0580. The van der Waals surface area contributed by atoms with Crippen LogP contribution < -0.4 is 10.6 Å². The molecular weight excluding hydrogens is 330 g/mol. The van der Waals surface area contributed by atoms with E-state index < -0.39 is 21.9 Å². The Morgan fingerprint density at radius 2 is 1.96 bits per heavy atom. The van der Waals surface area contributed by atoms with Crippen LogP contribution in [0.4, 0.5) is 4.79 Å². The van der Waals surface area contributed by atoms with Crippen molar-refractivity contribution in [2.24, 2.45) is 0 Å². The molecule has 0 unspecified atom stereocenters. The molecule has 2 N–H and O–H groups in total. The van der Waals surface area contributed by atoms with Crippen molar-refractivity contribution >= 4 is 21.8 Å². The molecule has 1 atom stereocenters. The van der Waals surface area contributed by atoms with Crippen LogP contribution >= 0.6 is 0 Å². The maximum Gasteiger partial charge on any atom is 0.321 e. The molecule has 2 heterocycles. The number of urea groups is 1. The molecule has 0 saturated carbocycles. The predicted molar refractivity (Wildman–Crippen MR) is 89.2 cm³/mol. The highest BCUT2D eigenvalue weighted by molar-refractivity contribution is 7.91. The SMILES string of the molecule is O=C(CN1CCc2ccccc2C1)NC(=O)N[C@@H]1CCS(=O)(=O)C1. The molecule has 1 fully saturated rings. The lowest BCUT2D eigenvalue weighted by Gasteiger charge is -2.28. The second-order valence-corrected chi connectivity index (χ2v) is 8.58. The fourth-order valence-electron chi connectivity index (χ4n) is 3.19. The van der Waals surface area contributed by atoms with Gasteiger partial charge in [-0.3, -0.25) is 15.0 Å². The number of nitrogens with one attached hydrogen (secondary N) is 2. The highest BCUT2D eigenvalue weighted by Crippen LogP contribution is 2.17. The molecule has 130 valence electrons. The van der Waals surface area contributed by atoms with Gasteiger partial charge in [-0.05, 0) is 24.0 Å². The number of hydrogen-bond donors (Lipinski definition) is 2. The number of fused-ring (bicyclic) bond motifs is 1. The van der Waals surface area contributed by atoms with Crippen LogP contribution in [-0.4, -0.2) is 55.9 Å². The Morgan fingerprint density at radius 3 is 2.67 bits per heavy atom. The van der Waals surface area contributed by atoms with Crippen molar-refractivity contribution in [1.82, 2.24) is 15.5 Å². The van der Waals surface area contributed by atoms with E-state index in [0.29, 0.717) is 13.0 Å². The summed E-state index contributed by atoms with van der Waals surface area (Å²) in [6.45, 7) is 1.60. The van der Waals surface area contributed by atoms with Gasteiger partial charge in [-0.15, -0.1) is 0 Å². The van der Waals surface area contributed by atoms with Gasteiger partial charge in [0.25, 0.3) is 0 Å². The van der Waals surface area contributed by atoms with E-state index in [1.54, 1.807) is 0 Å². The fourth-order valence-corrected chi connectivity index (χ4v) is 4.86. The number of rotatable bonds is 3. The lowest BCUT2D eigenvalue weighted by molar-refractivity contribution is -0.121. The van der Waals surface area contributed by atoms with Gasteiger partial charge in [-0.1, -0.05) is 24.3 Å². The van der Waals surface area contributed by atoms with E-state index in [0.717, 1.165) is 13.0 Å². The van der Waals surface area contributed by atoms with Gasteiger partial charge in [-0.2, -0.15) is 0 Å². The zero-order chi connectivity index (χ0) is 17.2. The molecule has 3 rings (SSSR count). The molecule has 2 aliphatic rings. The molecule has 8 heteroatoms. The van der Waals surface area contributed by atoms with Gasteiger partial charge in [0, 0.05) is 19.1 Å². The van der Waals surface area contributed by atoms with E-state index >= 15 is 0 Å². The molecule has 0 spiro atoms. The van der Waals surface area contributed by atoms with E-state index in [2.05, 4.69) is 16.7 Å². The Balaban J connectivity index is 1.45. The second kappa shape index (κ2) is 6.90. The van der Waals surface area contributed by atoms with Crippen LogP contribution in [0.3, 0.4) is 0 Å². The van der Waals surface area contributed by atoms with Crippen molar-refractivity contribution in [3.05, 3.63) is 35.4 Å². The van der Waals surface area contributed by atoms with Gasteiger partial charge < -0.3 is 5.32 Å². The molecule has 3 amide bonds.